The number of phenols is 4. The molecule has 66 heavy (non-hydrogen) atoms. The van der Waals surface area contributed by atoms with Crippen LogP contribution in [0.5, 0.6) is 23.0 Å². The summed E-state index contributed by atoms with van der Waals surface area (Å²) in [4.78, 5) is 32.2. The van der Waals surface area contributed by atoms with E-state index in [0.29, 0.717) is 44.5 Å². The SMILES string of the molecule is COC(=O)[C@H]1CSSC[C@@H](C(=O)OC)N2Cc3cc(C(C)(C)C)cc(c3O)Cc3cc(C(C)(C)C)cc(c3O)CN1Cc1cc(C(C)(C)C)cc(c1O)Cc1cc(C(C)(C)C)cc(c1O)C2. The first-order chi connectivity index (χ1) is 30.6. The van der Waals surface area contributed by atoms with E-state index in [-0.39, 0.29) is 95.2 Å². The smallest absolute Gasteiger partial charge is 0.323 e. The molecule has 2 aliphatic rings. The van der Waals surface area contributed by atoms with E-state index < -0.39 is 24.0 Å². The largest absolute Gasteiger partial charge is 0.507 e. The second-order valence-electron chi connectivity index (χ2n) is 22.4. The van der Waals surface area contributed by atoms with Crippen molar-refractivity contribution >= 4 is 33.5 Å². The van der Waals surface area contributed by atoms with E-state index in [0.717, 1.165) is 22.3 Å². The normalized spacial score (nSPS) is 20.0. The van der Waals surface area contributed by atoms with Gasteiger partial charge in [-0.3, -0.25) is 19.4 Å². The number of benzene rings is 4. The Morgan fingerprint density at radius 2 is 0.652 bits per heavy atom. The van der Waals surface area contributed by atoms with Crippen LogP contribution in [0.4, 0.5) is 0 Å². The number of carbonyl (C=O) groups excluding carboxylic acids is 2. The Morgan fingerprint density at radius 1 is 0.439 bits per heavy atom. The molecule has 0 spiro atoms. The Morgan fingerprint density at radius 3 is 0.848 bits per heavy atom. The Balaban J connectivity index is 1.77. The van der Waals surface area contributed by atoms with Gasteiger partial charge in [-0.15, -0.1) is 0 Å². The lowest BCUT2D eigenvalue weighted by atomic mass is 9.81. The summed E-state index contributed by atoms with van der Waals surface area (Å²) in [6, 6.07) is 14.3. The highest BCUT2D eigenvalue weighted by Gasteiger charge is 2.35. The van der Waals surface area contributed by atoms with Gasteiger partial charge in [-0.05, 0) is 66.2 Å². The van der Waals surface area contributed by atoms with E-state index >= 15 is 0 Å². The van der Waals surface area contributed by atoms with Gasteiger partial charge in [-0.25, -0.2) is 0 Å². The highest BCUT2D eigenvalue weighted by atomic mass is 33.1. The number of methoxy groups -OCH3 is 2. The number of hydrogen-bond acceptors (Lipinski definition) is 12. The van der Waals surface area contributed by atoms with E-state index in [9.17, 15) is 30.0 Å². The zero-order valence-electron chi connectivity index (χ0n) is 41.6. The zero-order valence-corrected chi connectivity index (χ0v) is 43.2. The van der Waals surface area contributed by atoms with Crippen LogP contribution in [0.3, 0.4) is 0 Å². The van der Waals surface area contributed by atoms with Crippen LogP contribution < -0.4 is 0 Å². The number of hydrogen-bond donors (Lipinski definition) is 4. The molecule has 10 nitrogen and oxygen atoms in total. The van der Waals surface area contributed by atoms with Gasteiger partial charge in [0.1, 0.15) is 35.1 Å². The van der Waals surface area contributed by atoms with Crippen LogP contribution in [0.15, 0.2) is 48.5 Å². The van der Waals surface area contributed by atoms with Crippen molar-refractivity contribution in [1.29, 1.82) is 0 Å². The molecule has 0 saturated heterocycles. The number of nitrogens with zero attached hydrogens (tertiary/aromatic N) is 2. The minimum Gasteiger partial charge on any atom is -0.507 e. The van der Waals surface area contributed by atoms with Crippen molar-refractivity contribution in [2.75, 3.05) is 25.7 Å². The zero-order chi connectivity index (χ0) is 48.8. The van der Waals surface area contributed by atoms with Crippen LogP contribution in [0.1, 0.15) is 150 Å². The summed E-state index contributed by atoms with van der Waals surface area (Å²) in [5.74, 6) is -0.223. The molecule has 0 aromatic heterocycles. The minimum absolute atomic E-state index is 0.0591. The molecule has 0 radical (unpaired) electrons. The number of rotatable bonds is 2. The van der Waals surface area contributed by atoms with Gasteiger partial charge in [0.05, 0.1) is 14.2 Å². The maximum absolute atomic E-state index is 14.2. The van der Waals surface area contributed by atoms with Gasteiger partial charge in [-0.1, -0.05) is 153 Å². The second kappa shape index (κ2) is 19.3. The van der Waals surface area contributed by atoms with Gasteiger partial charge in [0, 0.05) is 72.8 Å². The molecule has 4 aromatic rings. The summed E-state index contributed by atoms with van der Waals surface area (Å²) in [5, 5.41) is 49.8. The lowest BCUT2D eigenvalue weighted by Gasteiger charge is -2.32. The Labute approximate surface area is 400 Å². The Bertz CT molecular complexity index is 2160. The fourth-order valence-electron chi connectivity index (χ4n) is 8.77. The lowest BCUT2D eigenvalue weighted by Crippen LogP contribution is -2.43. The summed E-state index contributed by atoms with van der Waals surface area (Å²) in [6.07, 6.45) is 0.376. The van der Waals surface area contributed by atoms with Gasteiger partial charge in [0.15, 0.2) is 0 Å². The summed E-state index contributed by atoms with van der Waals surface area (Å²) < 4.78 is 11.0. The molecule has 0 aliphatic carbocycles. The third-order valence-corrected chi connectivity index (χ3v) is 15.5. The topological polar surface area (TPSA) is 140 Å². The predicted octanol–water partition coefficient (Wildman–Crippen LogP) is 10.7. The summed E-state index contributed by atoms with van der Waals surface area (Å²) in [6.45, 7) is 25.8. The number of aromatic hydroxyl groups is 4. The number of phenolic OH excluding ortho intramolecular Hbond substituents is 4. The van der Waals surface area contributed by atoms with Crippen LogP contribution in [-0.4, -0.2) is 80.0 Å². The highest BCUT2D eigenvalue weighted by Crippen LogP contribution is 2.43. The van der Waals surface area contributed by atoms with Crippen LogP contribution in [0.2, 0.25) is 0 Å². The molecule has 2 atom stereocenters. The minimum atomic E-state index is -0.851. The van der Waals surface area contributed by atoms with Crippen molar-refractivity contribution in [3.63, 3.8) is 0 Å². The van der Waals surface area contributed by atoms with Crippen molar-refractivity contribution < 1.29 is 39.5 Å². The molecule has 0 amide bonds. The number of esters is 2. The molecule has 10 bridgehead atoms. The molecule has 2 aliphatic heterocycles. The van der Waals surface area contributed by atoms with Crippen molar-refractivity contribution in [2.24, 2.45) is 0 Å². The van der Waals surface area contributed by atoms with Gasteiger partial charge in [0.25, 0.3) is 0 Å². The Hall–Kier alpha value is -4.36. The molecule has 6 rings (SSSR count). The first-order valence-corrected chi connectivity index (χ1v) is 25.4. The van der Waals surface area contributed by atoms with Crippen LogP contribution in [0, 0.1) is 0 Å². The lowest BCUT2D eigenvalue weighted by molar-refractivity contribution is -0.147. The van der Waals surface area contributed by atoms with Crippen molar-refractivity contribution in [2.45, 2.75) is 156 Å². The highest BCUT2D eigenvalue weighted by molar-refractivity contribution is 8.76. The molecule has 2 heterocycles. The van der Waals surface area contributed by atoms with Gasteiger partial charge in [-0.2, -0.15) is 0 Å². The molecule has 0 saturated carbocycles. The second-order valence-corrected chi connectivity index (χ2v) is 24.9. The van der Waals surface area contributed by atoms with E-state index in [1.54, 1.807) is 0 Å². The predicted molar refractivity (Wildman–Crippen MR) is 268 cm³/mol. The van der Waals surface area contributed by atoms with E-state index in [4.69, 9.17) is 9.47 Å². The maximum atomic E-state index is 14.2. The van der Waals surface area contributed by atoms with Gasteiger partial charge in [0.2, 0.25) is 0 Å². The average Bonchev–Trinajstić information content (AvgIpc) is 3.21. The molecular formula is C54H72N2O8S2. The Kier molecular flexibility index (Phi) is 14.9. The van der Waals surface area contributed by atoms with Crippen LogP contribution in [0.25, 0.3) is 0 Å². The molecule has 0 unspecified atom stereocenters. The van der Waals surface area contributed by atoms with Crippen molar-refractivity contribution in [3.8, 4) is 23.0 Å². The molecule has 4 aromatic carbocycles. The van der Waals surface area contributed by atoms with E-state index in [2.05, 4.69) is 83.1 Å². The van der Waals surface area contributed by atoms with E-state index in [1.165, 1.54) is 35.8 Å². The van der Waals surface area contributed by atoms with Crippen LogP contribution in [-0.2, 0) is 79.7 Å². The van der Waals surface area contributed by atoms with E-state index in [1.807, 2.05) is 58.3 Å². The first kappa shape index (κ1) is 51.0. The maximum Gasteiger partial charge on any atom is 0.323 e. The fourth-order valence-corrected chi connectivity index (χ4v) is 11.3. The van der Waals surface area contributed by atoms with Gasteiger partial charge < -0.3 is 29.9 Å². The quantitative estimate of drug-likeness (QED) is 0.112. The molecule has 12 heteroatoms. The fraction of sp³-hybridized carbons (Fsp3) is 0.519. The molecular weight excluding hydrogens is 869 g/mol. The van der Waals surface area contributed by atoms with Crippen LogP contribution >= 0.6 is 21.6 Å². The summed E-state index contributed by atoms with van der Waals surface area (Å²) in [7, 11) is 5.58. The molecule has 358 valence electrons. The third-order valence-electron chi connectivity index (χ3n) is 13.2. The average molecular weight is 941 g/mol. The molecule has 0 fully saturated rings. The van der Waals surface area contributed by atoms with Crippen molar-refractivity contribution in [3.05, 3.63) is 115 Å². The van der Waals surface area contributed by atoms with Crippen molar-refractivity contribution in [1.82, 2.24) is 9.80 Å². The molecule has 4 N–H and O–H groups in total. The summed E-state index contributed by atoms with van der Waals surface area (Å²) >= 11 is 0. The number of carbonyl (C=O) groups is 2. The summed E-state index contributed by atoms with van der Waals surface area (Å²) in [5.41, 5.74) is 7.36. The third kappa shape index (κ3) is 11.3. The number of ether oxygens (including phenoxy) is 2. The monoisotopic (exact) mass is 940 g/mol. The first-order valence-electron chi connectivity index (χ1n) is 22.9. The number of fused-ring (bicyclic) bond motifs is 15. The van der Waals surface area contributed by atoms with Gasteiger partial charge >= 0.3 is 11.9 Å². The standard InChI is InChI=1S/C54H72N2O8S2/c1-51(2,3)39-17-31-15-32-18-40(52(4,5)6)23-37(46(32)58)27-56-28-38-24-42(54(10,11)12)20-34(48(38)60)16-33-19-41(53(7,8)9)22-36(47(33)59)26-55(25-35(21-39)45(31)57)43(49(61)63-13)29-65-66-30-44(56)50(62)64-14/h17-24,43-44,57-60H,15-16,25-30H2,1-14H3/t43-,44+.